The summed E-state index contributed by atoms with van der Waals surface area (Å²) in [7, 11) is 2.86. The summed E-state index contributed by atoms with van der Waals surface area (Å²) in [5, 5.41) is 8.75. The highest BCUT2D eigenvalue weighted by molar-refractivity contribution is 5.70. The van der Waals surface area contributed by atoms with Crippen molar-refractivity contribution in [1.82, 2.24) is 18.7 Å². The first-order valence-electron chi connectivity index (χ1n) is 4.11. The minimum atomic E-state index is -0.498. The molecule has 0 saturated heterocycles. The highest BCUT2D eigenvalue weighted by atomic mass is 16.2. The number of rotatable bonds is 0. The molecule has 76 valence electrons. The lowest BCUT2D eigenvalue weighted by Gasteiger charge is -2.02. The van der Waals surface area contributed by atoms with Gasteiger partial charge in [-0.05, 0) is 0 Å². The molecule has 0 radical (unpaired) electrons. The molecular formula is C8H7N5O2. The quantitative estimate of drug-likeness (QED) is 0.538. The van der Waals surface area contributed by atoms with Crippen molar-refractivity contribution in [3.63, 3.8) is 0 Å². The van der Waals surface area contributed by atoms with Crippen LogP contribution in [0.25, 0.3) is 11.2 Å². The maximum Gasteiger partial charge on any atom is 0.332 e. The largest absolute Gasteiger partial charge is 0.332 e. The zero-order valence-electron chi connectivity index (χ0n) is 8.13. The molecule has 2 aromatic rings. The molecule has 0 bridgehead atoms. The highest BCUT2D eigenvalue weighted by Crippen LogP contribution is 2.03. The van der Waals surface area contributed by atoms with E-state index >= 15 is 0 Å². The van der Waals surface area contributed by atoms with Crippen LogP contribution >= 0.6 is 0 Å². The summed E-state index contributed by atoms with van der Waals surface area (Å²) >= 11 is 0. The molecule has 0 spiro atoms. The molecule has 2 rings (SSSR count). The van der Waals surface area contributed by atoms with Crippen molar-refractivity contribution in [3.05, 3.63) is 27.2 Å². The molecule has 0 amide bonds. The van der Waals surface area contributed by atoms with Gasteiger partial charge in [-0.2, -0.15) is 5.26 Å². The van der Waals surface area contributed by atoms with Crippen molar-refractivity contribution < 1.29 is 0 Å². The van der Waals surface area contributed by atoms with E-state index < -0.39 is 11.2 Å². The van der Waals surface area contributed by atoms with E-state index in [4.69, 9.17) is 5.26 Å². The fraction of sp³-hybridized carbons (Fsp3) is 0.250. The van der Waals surface area contributed by atoms with Crippen LogP contribution in [0, 0.1) is 11.5 Å². The van der Waals surface area contributed by atoms with Gasteiger partial charge in [-0.1, -0.05) is 0 Å². The Morgan fingerprint density at radius 3 is 2.60 bits per heavy atom. The Balaban J connectivity index is 3.20. The third-order valence-corrected chi connectivity index (χ3v) is 2.25. The minimum Gasteiger partial charge on any atom is -0.280 e. The predicted molar refractivity (Wildman–Crippen MR) is 51.2 cm³/mol. The molecule has 0 N–H and O–H groups in total. The van der Waals surface area contributed by atoms with E-state index in [9.17, 15) is 9.59 Å². The zero-order valence-corrected chi connectivity index (χ0v) is 8.13. The molecule has 7 heteroatoms. The van der Waals surface area contributed by atoms with Gasteiger partial charge >= 0.3 is 5.69 Å². The molecule has 0 saturated carbocycles. The minimum absolute atomic E-state index is 0.112. The zero-order chi connectivity index (χ0) is 11.2. The van der Waals surface area contributed by atoms with Gasteiger partial charge in [0, 0.05) is 14.1 Å². The van der Waals surface area contributed by atoms with Gasteiger partial charge in [0.25, 0.3) is 5.56 Å². The van der Waals surface area contributed by atoms with E-state index in [1.165, 1.54) is 25.0 Å². The number of fused-ring (bicyclic) bond motifs is 1. The summed E-state index contributed by atoms with van der Waals surface area (Å²) in [6, 6.07) is 0. The fourth-order valence-electron chi connectivity index (χ4n) is 1.45. The van der Waals surface area contributed by atoms with Crippen LogP contribution in [0.3, 0.4) is 0 Å². The molecule has 0 unspecified atom stereocenters. The third kappa shape index (κ3) is 1.02. The Hall–Kier alpha value is -2.36. The van der Waals surface area contributed by atoms with Crippen molar-refractivity contribution >= 4 is 11.2 Å². The monoisotopic (exact) mass is 205 g/mol. The molecule has 0 aliphatic carbocycles. The van der Waals surface area contributed by atoms with Crippen molar-refractivity contribution in [3.8, 4) is 6.19 Å². The van der Waals surface area contributed by atoms with Gasteiger partial charge in [-0.15, -0.1) is 0 Å². The number of aromatic nitrogens is 4. The summed E-state index contributed by atoms with van der Waals surface area (Å²) < 4.78 is 3.25. The number of nitrogens with zero attached hydrogens (tertiary/aromatic N) is 5. The Kier molecular flexibility index (Phi) is 1.73. The maximum absolute atomic E-state index is 11.6. The molecule has 0 fully saturated rings. The molecule has 15 heavy (non-hydrogen) atoms. The normalized spacial score (nSPS) is 10.5. The lowest BCUT2D eigenvalue weighted by molar-refractivity contribution is 0.704. The van der Waals surface area contributed by atoms with Crippen molar-refractivity contribution in [2.24, 2.45) is 14.1 Å². The molecule has 2 aromatic heterocycles. The van der Waals surface area contributed by atoms with Crippen LogP contribution in [0.1, 0.15) is 0 Å². The van der Waals surface area contributed by atoms with E-state index in [1.54, 1.807) is 0 Å². The summed E-state index contributed by atoms with van der Waals surface area (Å²) in [5.41, 5.74) is -0.654. The second-order valence-electron chi connectivity index (χ2n) is 3.09. The number of imidazole rings is 1. The Morgan fingerprint density at radius 2 is 2.00 bits per heavy atom. The average molecular weight is 205 g/mol. The van der Waals surface area contributed by atoms with Crippen LogP contribution in [0.2, 0.25) is 0 Å². The first-order valence-corrected chi connectivity index (χ1v) is 4.11. The summed E-state index contributed by atoms with van der Waals surface area (Å²) in [5.74, 6) is 0. The van der Waals surface area contributed by atoms with Crippen LogP contribution in [0.15, 0.2) is 15.9 Å². The Bertz CT molecular complexity index is 697. The number of hydrogen-bond acceptors (Lipinski definition) is 4. The molecule has 0 atom stereocenters. The first-order chi connectivity index (χ1) is 7.07. The van der Waals surface area contributed by atoms with Gasteiger partial charge in [0.15, 0.2) is 17.4 Å². The smallest absolute Gasteiger partial charge is 0.280 e. The van der Waals surface area contributed by atoms with E-state index in [0.717, 1.165) is 9.13 Å². The topological polar surface area (TPSA) is 85.6 Å². The number of nitriles is 1. The van der Waals surface area contributed by atoms with Crippen molar-refractivity contribution in [1.29, 1.82) is 5.26 Å². The third-order valence-electron chi connectivity index (χ3n) is 2.25. The molecule has 0 aliphatic rings. The van der Waals surface area contributed by atoms with Gasteiger partial charge in [0.05, 0.1) is 0 Å². The molecule has 0 aromatic carbocycles. The van der Waals surface area contributed by atoms with Crippen LogP contribution < -0.4 is 11.2 Å². The molecule has 2 heterocycles. The van der Waals surface area contributed by atoms with Crippen LogP contribution in [-0.4, -0.2) is 18.7 Å². The van der Waals surface area contributed by atoms with Crippen molar-refractivity contribution in [2.45, 2.75) is 0 Å². The van der Waals surface area contributed by atoms with E-state index in [1.807, 2.05) is 6.19 Å². The lowest BCUT2D eigenvalue weighted by atomic mass is 10.5. The summed E-state index contributed by atoms with van der Waals surface area (Å²) in [6.45, 7) is 0. The van der Waals surface area contributed by atoms with Crippen LogP contribution in [0.5, 0.6) is 0 Å². The number of aryl methyl sites for hydroxylation is 1. The van der Waals surface area contributed by atoms with Crippen molar-refractivity contribution in [2.75, 3.05) is 0 Å². The lowest BCUT2D eigenvalue weighted by Crippen LogP contribution is -2.37. The highest BCUT2D eigenvalue weighted by Gasteiger charge is 2.13. The standard InChI is InChI=1S/C8H7N5O2/c1-11-6-5(10-4-13(6)3-9)7(14)12(2)8(11)15/h4H,1-2H3. The average Bonchev–Trinajstić information content (AvgIpc) is 2.67. The second kappa shape index (κ2) is 2.81. The summed E-state index contributed by atoms with van der Waals surface area (Å²) in [4.78, 5) is 26.9. The van der Waals surface area contributed by atoms with E-state index in [2.05, 4.69) is 4.98 Å². The van der Waals surface area contributed by atoms with Gasteiger partial charge in [-0.3, -0.25) is 13.9 Å². The SMILES string of the molecule is Cn1c(=O)c2ncn(C#N)c2n(C)c1=O. The molecular weight excluding hydrogens is 198 g/mol. The van der Waals surface area contributed by atoms with Gasteiger partial charge < -0.3 is 0 Å². The fourth-order valence-corrected chi connectivity index (χ4v) is 1.45. The van der Waals surface area contributed by atoms with Gasteiger partial charge in [-0.25, -0.2) is 14.3 Å². The number of hydrogen-bond donors (Lipinski definition) is 0. The van der Waals surface area contributed by atoms with Crippen LogP contribution in [0.4, 0.5) is 0 Å². The Morgan fingerprint density at radius 1 is 1.33 bits per heavy atom. The second-order valence-corrected chi connectivity index (χ2v) is 3.09. The summed E-state index contributed by atoms with van der Waals surface area (Å²) in [6.07, 6.45) is 3.02. The van der Waals surface area contributed by atoms with E-state index in [-0.39, 0.29) is 11.2 Å². The van der Waals surface area contributed by atoms with Crippen LogP contribution in [-0.2, 0) is 14.1 Å². The predicted octanol–water partition coefficient (Wildman–Crippen LogP) is -1.24. The van der Waals surface area contributed by atoms with Gasteiger partial charge in [0.2, 0.25) is 0 Å². The molecule has 7 nitrogen and oxygen atoms in total. The van der Waals surface area contributed by atoms with E-state index in [0.29, 0.717) is 0 Å². The molecule has 0 aliphatic heterocycles. The maximum atomic E-state index is 11.6. The Labute approximate surface area is 83.4 Å². The first kappa shape index (κ1) is 9.21. The van der Waals surface area contributed by atoms with Gasteiger partial charge in [0.1, 0.15) is 6.33 Å².